The number of rotatable bonds is 3. The summed E-state index contributed by atoms with van der Waals surface area (Å²) >= 11 is 6.07. The molecule has 8 heteroatoms. The fourth-order valence-electron chi connectivity index (χ4n) is 6.32. The molecule has 0 radical (unpaired) electrons. The Morgan fingerprint density at radius 3 is 2.58 bits per heavy atom. The molecule has 1 aromatic carbocycles. The molecule has 2 aliphatic carbocycles. The first-order chi connectivity index (χ1) is 15.8. The van der Waals surface area contributed by atoms with Crippen LogP contribution in [0.3, 0.4) is 0 Å². The molecule has 2 heterocycles. The second-order valence-electron chi connectivity index (χ2n) is 10.4. The zero-order valence-corrected chi connectivity index (χ0v) is 20.6. The zero-order valence-electron chi connectivity index (χ0n) is 19.8. The fourth-order valence-corrected chi connectivity index (χ4v) is 6.54. The summed E-state index contributed by atoms with van der Waals surface area (Å²) in [6, 6.07) is 6.02. The Morgan fingerprint density at radius 2 is 1.88 bits per heavy atom. The largest absolute Gasteiger partial charge is 0.415 e. The number of hydrazine groups is 1. The first kappa shape index (κ1) is 22.9. The minimum absolute atomic E-state index is 0.0149. The van der Waals surface area contributed by atoms with Crippen LogP contribution >= 0.6 is 11.6 Å². The Labute approximate surface area is 201 Å². The van der Waals surface area contributed by atoms with Gasteiger partial charge in [-0.1, -0.05) is 11.6 Å². The highest BCUT2D eigenvalue weighted by Gasteiger charge is 2.49. The molecule has 5 rings (SSSR count). The average Bonchev–Trinajstić information content (AvgIpc) is 3.51. The van der Waals surface area contributed by atoms with Gasteiger partial charge in [-0.3, -0.25) is 10.2 Å². The highest BCUT2D eigenvalue weighted by Crippen LogP contribution is 2.41. The quantitative estimate of drug-likeness (QED) is 0.721. The summed E-state index contributed by atoms with van der Waals surface area (Å²) in [4.78, 5) is 29.9. The predicted octanol–water partition coefficient (Wildman–Crippen LogP) is 3.84. The van der Waals surface area contributed by atoms with E-state index in [1.54, 1.807) is 25.1 Å². The van der Waals surface area contributed by atoms with Crippen LogP contribution in [0.15, 0.2) is 18.2 Å². The zero-order chi connectivity index (χ0) is 23.3. The number of halogens is 1. The summed E-state index contributed by atoms with van der Waals surface area (Å²) < 4.78 is 5.85. The van der Waals surface area contributed by atoms with Gasteiger partial charge in [0.15, 0.2) is 0 Å². The van der Waals surface area contributed by atoms with Crippen molar-refractivity contribution in [3.63, 3.8) is 0 Å². The van der Waals surface area contributed by atoms with Crippen LogP contribution in [0.25, 0.3) is 0 Å². The van der Waals surface area contributed by atoms with Gasteiger partial charge in [0.05, 0.1) is 12.1 Å². The van der Waals surface area contributed by atoms with Crippen molar-refractivity contribution in [3.05, 3.63) is 28.8 Å². The molecule has 0 spiro atoms. The Balaban J connectivity index is 1.34. The van der Waals surface area contributed by atoms with Crippen LogP contribution in [-0.2, 0) is 4.79 Å². The molecule has 2 saturated carbocycles. The van der Waals surface area contributed by atoms with E-state index in [9.17, 15) is 9.59 Å². The van der Waals surface area contributed by atoms with Crippen LogP contribution < -0.4 is 10.2 Å². The molecule has 2 aliphatic heterocycles. The topological polar surface area (TPSA) is 65.1 Å². The summed E-state index contributed by atoms with van der Waals surface area (Å²) in [5, 5.41) is 3.05. The van der Waals surface area contributed by atoms with Crippen molar-refractivity contribution in [1.82, 2.24) is 20.2 Å². The first-order valence-electron chi connectivity index (χ1n) is 12.4. The Bertz CT molecular complexity index is 923. The number of ether oxygens (including phenoxy) is 1. The number of benzene rings is 1. The van der Waals surface area contributed by atoms with Gasteiger partial charge in [0.25, 0.3) is 0 Å². The molecule has 4 unspecified atom stereocenters. The maximum atomic E-state index is 13.4. The molecule has 7 nitrogen and oxygen atoms in total. The third-order valence-electron chi connectivity index (χ3n) is 8.09. The Kier molecular flexibility index (Phi) is 6.31. The molecule has 180 valence electrons. The van der Waals surface area contributed by atoms with Gasteiger partial charge in [0.1, 0.15) is 5.75 Å². The van der Waals surface area contributed by atoms with Gasteiger partial charge in [-0.2, -0.15) is 0 Å². The highest BCUT2D eigenvalue weighted by molar-refractivity contribution is 6.30. The van der Waals surface area contributed by atoms with E-state index in [1.165, 1.54) is 12.8 Å². The van der Waals surface area contributed by atoms with Gasteiger partial charge in [0, 0.05) is 43.7 Å². The van der Waals surface area contributed by atoms with Gasteiger partial charge in [-0.25, -0.2) is 9.80 Å². The van der Waals surface area contributed by atoms with Crippen LogP contribution in [0.2, 0.25) is 5.02 Å². The number of hydrogen-bond acceptors (Lipinski definition) is 5. The summed E-state index contributed by atoms with van der Waals surface area (Å²) in [6.07, 6.45) is 5.22. The molecule has 1 N–H and O–H groups in total. The molecular weight excluding hydrogens is 440 g/mol. The number of fused-ring (bicyclic) bond motifs is 1. The van der Waals surface area contributed by atoms with Crippen molar-refractivity contribution < 1.29 is 14.3 Å². The Hall–Kier alpha value is -1.83. The number of piperazine rings is 1. The minimum Gasteiger partial charge on any atom is -0.410 e. The molecule has 4 fully saturated rings. The summed E-state index contributed by atoms with van der Waals surface area (Å²) in [6.45, 7) is 8.18. The molecule has 1 aromatic rings. The van der Waals surface area contributed by atoms with Crippen LogP contribution in [0.5, 0.6) is 5.75 Å². The van der Waals surface area contributed by atoms with Crippen molar-refractivity contribution in [2.24, 2.45) is 11.8 Å². The molecule has 2 saturated heterocycles. The third-order valence-corrected chi connectivity index (χ3v) is 8.32. The van der Waals surface area contributed by atoms with E-state index in [4.69, 9.17) is 16.3 Å². The second-order valence-corrected chi connectivity index (χ2v) is 10.9. The number of hydrogen-bond donors (Lipinski definition) is 1. The van der Waals surface area contributed by atoms with E-state index in [0.717, 1.165) is 37.9 Å². The predicted molar refractivity (Wildman–Crippen MR) is 127 cm³/mol. The number of aryl methyl sites for hydroxylation is 1. The van der Waals surface area contributed by atoms with E-state index in [2.05, 4.69) is 10.4 Å². The second kappa shape index (κ2) is 9.08. The normalized spacial score (nSPS) is 32.5. The smallest absolute Gasteiger partial charge is 0.410 e. The third kappa shape index (κ3) is 4.60. The number of nitrogens with zero attached hydrogens (tertiary/aromatic N) is 3. The minimum atomic E-state index is -0.324. The molecule has 2 amide bonds. The lowest BCUT2D eigenvalue weighted by atomic mass is 9.73. The molecule has 0 aromatic heterocycles. The van der Waals surface area contributed by atoms with Crippen LogP contribution in [-0.4, -0.2) is 70.6 Å². The lowest BCUT2D eigenvalue weighted by Crippen LogP contribution is -2.67. The van der Waals surface area contributed by atoms with Gasteiger partial charge in [-0.05, 0) is 81.5 Å². The van der Waals surface area contributed by atoms with Crippen LogP contribution in [0, 0.1) is 18.8 Å². The van der Waals surface area contributed by atoms with Gasteiger partial charge >= 0.3 is 6.09 Å². The van der Waals surface area contributed by atoms with E-state index >= 15 is 0 Å². The molecule has 0 bridgehead atoms. The standard InChI is InChI=1S/C25H35ClN4O3/c1-15-10-20(26)5-9-24(15)33-25(32)28-13-16(2)30(17(3)31)22-8-4-18(11-23(22)28)19-12-27-29(14-19)21-6-7-21/h5,9-10,16,18-19,21-23,27H,4,6-8,11-14H2,1-3H3/t16-,18?,19?,22?,23?/m0/s1. The molecular formula is C25H35ClN4O3. The van der Waals surface area contributed by atoms with E-state index in [-0.39, 0.29) is 30.1 Å². The van der Waals surface area contributed by atoms with Crippen molar-refractivity contribution in [3.8, 4) is 5.75 Å². The number of amides is 2. The van der Waals surface area contributed by atoms with Crippen LogP contribution in [0.1, 0.15) is 51.5 Å². The van der Waals surface area contributed by atoms with E-state index in [1.807, 2.05) is 23.6 Å². The Morgan fingerprint density at radius 1 is 1.09 bits per heavy atom. The SMILES string of the molecule is CC(=O)N1C2CCC(C3CNN(C4CC4)C3)CC2N(C(=O)Oc2ccc(Cl)cc2C)C[C@@H]1C. The van der Waals surface area contributed by atoms with Gasteiger partial charge in [-0.15, -0.1) is 0 Å². The van der Waals surface area contributed by atoms with E-state index < -0.39 is 0 Å². The van der Waals surface area contributed by atoms with Crippen molar-refractivity contribution in [2.75, 3.05) is 19.6 Å². The lowest BCUT2D eigenvalue weighted by Gasteiger charge is -2.54. The maximum Gasteiger partial charge on any atom is 0.415 e. The van der Waals surface area contributed by atoms with Gasteiger partial charge < -0.3 is 14.5 Å². The number of nitrogens with one attached hydrogen (secondary N) is 1. The summed E-state index contributed by atoms with van der Waals surface area (Å²) in [5.74, 6) is 1.76. The lowest BCUT2D eigenvalue weighted by molar-refractivity contribution is -0.142. The summed E-state index contributed by atoms with van der Waals surface area (Å²) in [5.41, 5.74) is 4.44. The average molecular weight is 475 g/mol. The van der Waals surface area contributed by atoms with Crippen molar-refractivity contribution in [2.45, 2.75) is 77.0 Å². The van der Waals surface area contributed by atoms with Crippen molar-refractivity contribution in [1.29, 1.82) is 0 Å². The number of carbonyl (C=O) groups is 2. The highest BCUT2D eigenvalue weighted by atomic mass is 35.5. The van der Waals surface area contributed by atoms with Gasteiger partial charge in [0.2, 0.25) is 5.91 Å². The van der Waals surface area contributed by atoms with E-state index in [0.29, 0.717) is 35.2 Å². The molecule has 5 atom stereocenters. The molecule has 4 aliphatic rings. The maximum absolute atomic E-state index is 13.4. The monoisotopic (exact) mass is 474 g/mol. The van der Waals surface area contributed by atoms with Crippen molar-refractivity contribution >= 4 is 23.6 Å². The van der Waals surface area contributed by atoms with Crippen LogP contribution in [0.4, 0.5) is 4.79 Å². The number of carbonyl (C=O) groups excluding carboxylic acids is 2. The first-order valence-corrected chi connectivity index (χ1v) is 12.7. The molecule has 33 heavy (non-hydrogen) atoms. The fraction of sp³-hybridized carbons (Fsp3) is 0.680. The summed E-state index contributed by atoms with van der Waals surface area (Å²) in [7, 11) is 0.